The first-order valence-corrected chi connectivity index (χ1v) is 8.42. The van der Waals surface area contributed by atoms with Crippen molar-refractivity contribution in [3.05, 3.63) is 0 Å². The summed E-state index contributed by atoms with van der Waals surface area (Å²) >= 11 is 0. The summed E-state index contributed by atoms with van der Waals surface area (Å²) in [5, 5.41) is 14.0. The van der Waals surface area contributed by atoms with E-state index in [4.69, 9.17) is 11.5 Å². The van der Waals surface area contributed by atoms with Crippen molar-refractivity contribution < 1.29 is 24.3 Å². The summed E-state index contributed by atoms with van der Waals surface area (Å²) in [5.74, 6) is -3.81. The minimum atomic E-state index is -1.27. The number of amides is 3. The molecule has 0 rings (SSSR count). The van der Waals surface area contributed by atoms with E-state index in [1.54, 1.807) is 20.8 Å². The number of carboxylic acid groups (broad SMARTS) is 1. The number of nitrogens with one attached hydrogen (secondary N) is 2. The lowest BCUT2D eigenvalue weighted by Crippen LogP contribution is -2.57. The molecule has 0 saturated heterocycles. The molecule has 0 spiro atoms. The number of rotatable bonds is 11. The maximum absolute atomic E-state index is 12.4. The average molecular weight is 358 g/mol. The van der Waals surface area contributed by atoms with Crippen molar-refractivity contribution in [3.63, 3.8) is 0 Å². The van der Waals surface area contributed by atoms with Gasteiger partial charge in [0.2, 0.25) is 17.7 Å². The molecule has 0 radical (unpaired) electrons. The maximum atomic E-state index is 12.4. The van der Waals surface area contributed by atoms with Crippen LogP contribution < -0.4 is 22.1 Å². The zero-order chi connectivity index (χ0) is 19.7. The molecule has 0 aliphatic carbocycles. The Morgan fingerprint density at radius 3 is 1.88 bits per heavy atom. The molecule has 25 heavy (non-hydrogen) atoms. The molecule has 144 valence electrons. The fraction of sp³-hybridized carbons (Fsp3) is 0.750. The zero-order valence-corrected chi connectivity index (χ0v) is 15.2. The van der Waals surface area contributed by atoms with Gasteiger partial charge < -0.3 is 27.2 Å². The quantitative estimate of drug-likeness (QED) is 0.329. The predicted molar refractivity (Wildman–Crippen MR) is 92.2 cm³/mol. The largest absolute Gasteiger partial charge is 0.480 e. The maximum Gasteiger partial charge on any atom is 0.326 e. The highest BCUT2D eigenvalue weighted by Crippen LogP contribution is 2.09. The Bertz CT molecular complexity index is 497. The summed E-state index contributed by atoms with van der Waals surface area (Å²) in [6.45, 7) is 7.13. The number of carbonyl (C=O) groups is 4. The van der Waals surface area contributed by atoms with Crippen LogP contribution in [0.25, 0.3) is 0 Å². The first-order valence-electron chi connectivity index (χ1n) is 8.42. The second kappa shape index (κ2) is 10.7. The van der Waals surface area contributed by atoms with Gasteiger partial charge in [-0.15, -0.1) is 0 Å². The molecule has 0 bridgehead atoms. The zero-order valence-electron chi connectivity index (χ0n) is 15.2. The van der Waals surface area contributed by atoms with Gasteiger partial charge in [-0.1, -0.05) is 40.5 Å². The highest BCUT2D eigenvalue weighted by Gasteiger charge is 2.31. The van der Waals surface area contributed by atoms with Gasteiger partial charge in [0.05, 0.1) is 12.5 Å². The fourth-order valence-electron chi connectivity index (χ4n) is 2.13. The van der Waals surface area contributed by atoms with Gasteiger partial charge in [-0.05, 0) is 11.8 Å². The first-order chi connectivity index (χ1) is 11.5. The third-order valence-electron chi connectivity index (χ3n) is 4.37. The standard InChI is InChI=1S/C16H30N4O5/c1-5-8(3)12(18)15(23)19-10(7-11(17)21)14(22)20-13(16(24)25)9(4)6-2/h8-10,12-13H,5-7,18H2,1-4H3,(H2,17,21)(H,19,23)(H,20,22)(H,24,25). The van der Waals surface area contributed by atoms with Gasteiger partial charge in [0.1, 0.15) is 12.1 Å². The van der Waals surface area contributed by atoms with E-state index in [1.165, 1.54) is 0 Å². The van der Waals surface area contributed by atoms with E-state index < -0.39 is 48.2 Å². The summed E-state index contributed by atoms with van der Waals surface area (Å²) in [5.41, 5.74) is 10.9. The number of hydrogen-bond donors (Lipinski definition) is 5. The van der Waals surface area contributed by atoms with E-state index in [1.807, 2.05) is 6.92 Å². The number of primary amides is 1. The van der Waals surface area contributed by atoms with Crippen molar-refractivity contribution in [1.82, 2.24) is 10.6 Å². The summed E-state index contributed by atoms with van der Waals surface area (Å²) in [4.78, 5) is 47.1. The van der Waals surface area contributed by atoms with Crippen LogP contribution in [-0.2, 0) is 19.2 Å². The van der Waals surface area contributed by atoms with Crippen molar-refractivity contribution in [1.29, 1.82) is 0 Å². The van der Waals surface area contributed by atoms with Crippen molar-refractivity contribution in [2.24, 2.45) is 23.3 Å². The molecule has 0 heterocycles. The molecule has 0 saturated carbocycles. The van der Waals surface area contributed by atoms with Crippen molar-refractivity contribution in [2.45, 2.75) is 65.1 Å². The van der Waals surface area contributed by atoms with Gasteiger partial charge in [0.15, 0.2) is 0 Å². The third kappa shape index (κ3) is 7.51. The SMILES string of the molecule is CCC(C)C(N)C(=O)NC(CC(N)=O)C(=O)NC(C(=O)O)C(C)CC. The Morgan fingerprint density at radius 1 is 0.960 bits per heavy atom. The Balaban J connectivity index is 5.18. The summed E-state index contributed by atoms with van der Waals surface area (Å²) < 4.78 is 0. The van der Waals surface area contributed by atoms with Crippen molar-refractivity contribution in [3.8, 4) is 0 Å². The smallest absolute Gasteiger partial charge is 0.326 e. The van der Waals surface area contributed by atoms with Gasteiger partial charge in [-0.2, -0.15) is 0 Å². The molecule has 0 fully saturated rings. The summed E-state index contributed by atoms with van der Waals surface area (Å²) in [6, 6.07) is -3.25. The van der Waals surface area contributed by atoms with Crippen LogP contribution in [0.3, 0.4) is 0 Å². The van der Waals surface area contributed by atoms with Crippen LogP contribution in [0.15, 0.2) is 0 Å². The Hall–Kier alpha value is -2.16. The van der Waals surface area contributed by atoms with Gasteiger partial charge in [-0.3, -0.25) is 14.4 Å². The van der Waals surface area contributed by atoms with Crippen LogP contribution in [0.2, 0.25) is 0 Å². The molecule has 0 aliphatic heterocycles. The molecule has 0 aliphatic rings. The van der Waals surface area contributed by atoms with E-state index in [-0.39, 0.29) is 11.8 Å². The number of carboxylic acids is 1. The molecule has 0 aromatic carbocycles. The lowest BCUT2D eigenvalue weighted by molar-refractivity contribution is -0.143. The first kappa shape index (κ1) is 22.8. The van der Waals surface area contributed by atoms with Crippen LogP contribution in [0.4, 0.5) is 0 Å². The van der Waals surface area contributed by atoms with Crippen LogP contribution >= 0.6 is 0 Å². The van der Waals surface area contributed by atoms with Gasteiger partial charge >= 0.3 is 5.97 Å². The van der Waals surface area contributed by atoms with E-state index in [0.717, 1.165) is 0 Å². The lowest BCUT2D eigenvalue weighted by Gasteiger charge is -2.25. The van der Waals surface area contributed by atoms with Crippen LogP contribution in [0.5, 0.6) is 0 Å². The minimum Gasteiger partial charge on any atom is -0.480 e. The van der Waals surface area contributed by atoms with E-state index in [9.17, 15) is 24.3 Å². The monoisotopic (exact) mass is 358 g/mol. The Kier molecular flexibility index (Phi) is 9.73. The van der Waals surface area contributed by atoms with E-state index in [2.05, 4.69) is 10.6 Å². The number of aliphatic carboxylic acids is 1. The molecule has 0 aromatic rings. The minimum absolute atomic E-state index is 0.121. The van der Waals surface area contributed by atoms with Crippen LogP contribution in [0.1, 0.15) is 47.0 Å². The highest BCUT2D eigenvalue weighted by molar-refractivity contribution is 5.94. The number of carbonyl (C=O) groups excluding carboxylic acids is 3. The fourth-order valence-corrected chi connectivity index (χ4v) is 2.13. The molecular weight excluding hydrogens is 328 g/mol. The van der Waals surface area contributed by atoms with E-state index in [0.29, 0.717) is 12.8 Å². The van der Waals surface area contributed by atoms with Crippen molar-refractivity contribution in [2.75, 3.05) is 0 Å². The van der Waals surface area contributed by atoms with Crippen molar-refractivity contribution >= 4 is 23.7 Å². The lowest BCUT2D eigenvalue weighted by atomic mass is 9.97. The molecule has 7 N–H and O–H groups in total. The van der Waals surface area contributed by atoms with Gasteiger partial charge in [-0.25, -0.2) is 4.79 Å². The Morgan fingerprint density at radius 2 is 1.48 bits per heavy atom. The summed E-state index contributed by atoms with van der Waals surface area (Å²) in [6.07, 6.45) is 0.747. The molecule has 3 amide bonds. The average Bonchev–Trinajstić information content (AvgIpc) is 2.55. The van der Waals surface area contributed by atoms with Gasteiger partial charge in [0, 0.05) is 0 Å². The third-order valence-corrected chi connectivity index (χ3v) is 4.37. The highest BCUT2D eigenvalue weighted by atomic mass is 16.4. The van der Waals surface area contributed by atoms with Crippen LogP contribution in [-0.4, -0.2) is 46.9 Å². The predicted octanol–water partition coefficient (Wildman–Crippen LogP) is -0.664. The number of nitrogens with two attached hydrogens (primary N) is 2. The number of hydrogen-bond acceptors (Lipinski definition) is 5. The second-order valence-electron chi connectivity index (χ2n) is 6.35. The van der Waals surface area contributed by atoms with E-state index >= 15 is 0 Å². The molecular formula is C16H30N4O5. The molecule has 9 nitrogen and oxygen atoms in total. The molecule has 9 heteroatoms. The summed E-state index contributed by atoms with van der Waals surface area (Å²) in [7, 11) is 0. The second-order valence-corrected chi connectivity index (χ2v) is 6.35. The van der Waals surface area contributed by atoms with Gasteiger partial charge in [0.25, 0.3) is 0 Å². The molecule has 0 aromatic heterocycles. The Labute approximate surface area is 147 Å². The molecule has 5 atom stereocenters. The molecule has 5 unspecified atom stereocenters. The van der Waals surface area contributed by atoms with Crippen LogP contribution in [0, 0.1) is 11.8 Å². The topological polar surface area (TPSA) is 165 Å². The normalized spacial score (nSPS) is 16.8.